The molecule has 0 aliphatic heterocycles. The van der Waals surface area contributed by atoms with Crippen molar-refractivity contribution in [3.8, 4) is 0 Å². The van der Waals surface area contributed by atoms with E-state index in [1.165, 1.54) is 0 Å². The van der Waals surface area contributed by atoms with Crippen LogP contribution in [0.4, 0.5) is 4.79 Å². The molecule has 0 aliphatic rings. The minimum absolute atomic E-state index is 0. The van der Waals surface area contributed by atoms with Crippen molar-refractivity contribution in [2.24, 2.45) is 0 Å². The van der Waals surface area contributed by atoms with Crippen LogP contribution in [0.3, 0.4) is 0 Å². The minimum atomic E-state index is -1.83. The SMILES string of the molecule is O=C(O)O.[Cs+].[H-].[H-].[K+]. The monoisotopic (exact) mass is 236 g/mol. The standard InChI is InChI=1S/CH2O3.Cs.K.2H/c2-1(3)4;;;;/h(H2,2,3,4);;;;/q;2*+1;2*-1. The molecule has 0 aromatic carbocycles. The van der Waals surface area contributed by atoms with Gasteiger partial charge in [-0.1, -0.05) is 0 Å². The molecule has 5 heteroatoms. The molecule has 0 amide bonds. The number of hydrogen-bond acceptors (Lipinski definition) is 1. The van der Waals surface area contributed by atoms with Crippen LogP contribution in [0.2, 0.25) is 0 Å². The zero-order valence-corrected chi connectivity index (χ0v) is 13.2. The molecule has 0 unspecified atom stereocenters. The van der Waals surface area contributed by atoms with Crippen LogP contribution < -0.4 is 120 Å². The summed E-state index contributed by atoms with van der Waals surface area (Å²) in [6, 6.07) is 0. The molecule has 0 atom stereocenters. The Morgan fingerprint density at radius 1 is 1.50 bits per heavy atom. The predicted octanol–water partition coefficient (Wildman–Crippen LogP) is -5.54. The molecule has 0 fully saturated rings. The zero-order chi connectivity index (χ0) is 3.58. The van der Waals surface area contributed by atoms with Gasteiger partial charge in [-0.2, -0.15) is 0 Å². The largest absolute Gasteiger partial charge is 1.00 e. The maximum absolute atomic E-state index is 8.56. The molecule has 28 valence electrons. The predicted molar refractivity (Wildman–Crippen MR) is 12.9 cm³/mol. The average Bonchev–Trinajstić information content (AvgIpc) is 0.811. The Kier molecular flexibility index (Phi) is 28.9. The second-order valence-corrected chi connectivity index (χ2v) is 0.283. The third-order valence-corrected chi connectivity index (χ3v) is 0. The van der Waals surface area contributed by atoms with E-state index in [1.807, 2.05) is 0 Å². The van der Waals surface area contributed by atoms with Crippen LogP contribution in [0.25, 0.3) is 0 Å². The van der Waals surface area contributed by atoms with Crippen LogP contribution in [0.1, 0.15) is 2.85 Å². The van der Waals surface area contributed by atoms with Gasteiger partial charge in [-0.3, -0.25) is 0 Å². The van der Waals surface area contributed by atoms with Crippen LogP contribution in [0, 0.1) is 0 Å². The van der Waals surface area contributed by atoms with Crippen molar-refractivity contribution >= 4 is 6.16 Å². The fourth-order valence-electron chi connectivity index (χ4n) is 0. The fraction of sp³-hybridized carbons (Fsp3) is 0. The molecular formula is CH4CsKO3. The van der Waals surface area contributed by atoms with Crippen molar-refractivity contribution < 1.29 is 138 Å². The molecule has 0 radical (unpaired) electrons. The van der Waals surface area contributed by atoms with Gasteiger partial charge in [-0.05, 0) is 0 Å². The van der Waals surface area contributed by atoms with Crippen molar-refractivity contribution in [2.75, 3.05) is 0 Å². The van der Waals surface area contributed by atoms with Gasteiger partial charge < -0.3 is 13.1 Å². The summed E-state index contributed by atoms with van der Waals surface area (Å²) in [6.07, 6.45) is -1.83. The molecule has 0 aromatic heterocycles. The summed E-state index contributed by atoms with van der Waals surface area (Å²) in [4.78, 5) is 8.56. The van der Waals surface area contributed by atoms with E-state index in [2.05, 4.69) is 0 Å². The molecule has 0 saturated heterocycles. The normalized spacial score (nSPS) is 4.00. The van der Waals surface area contributed by atoms with Gasteiger partial charge in [0.25, 0.3) is 0 Å². The maximum atomic E-state index is 8.56. The van der Waals surface area contributed by atoms with E-state index in [4.69, 9.17) is 15.0 Å². The van der Waals surface area contributed by atoms with Gasteiger partial charge >= 0.3 is 126 Å². The molecule has 6 heavy (non-hydrogen) atoms. The van der Waals surface area contributed by atoms with Crippen molar-refractivity contribution in [1.82, 2.24) is 0 Å². The molecule has 3 nitrogen and oxygen atoms in total. The number of carboxylic acid groups (broad SMARTS) is 2. The van der Waals surface area contributed by atoms with Crippen molar-refractivity contribution in [3.63, 3.8) is 0 Å². The second kappa shape index (κ2) is 10.9. The number of rotatable bonds is 0. The third kappa shape index (κ3) is 28.2. The van der Waals surface area contributed by atoms with Gasteiger partial charge in [0.05, 0.1) is 0 Å². The first-order valence-electron chi connectivity index (χ1n) is 0.651. The van der Waals surface area contributed by atoms with Gasteiger partial charge in [-0.15, -0.1) is 0 Å². The van der Waals surface area contributed by atoms with Crippen LogP contribution >= 0.6 is 0 Å². The Hall–Kier alpha value is 2.96. The van der Waals surface area contributed by atoms with E-state index in [0.717, 1.165) is 0 Å². The maximum Gasteiger partial charge on any atom is 1.00 e. The van der Waals surface area contributed by atoms with Crippen LogP contribution in [-0.2, 0) is 0 Å². The molecular weight excluding hydrogens is 232 g/mol. The van der Waals surface area contributed by atoms with E-state index in [-0.39, 0.29) is 123 Å². The van der Waals surface area contributed by atoms with Crippen molar-refractivity contribution in [3.05, 3.63) is 0 Å². The average molecular weight is 236 g/mol. The Labute approximate surface area is 140 Å². The molecule has 0 spiro atoms. The molecule has 0 rings (SSSR count). The van der Waals surface area contributed by atoms with Gasteiger partial charge in [0, 0.05) is 0 Å². The quantitative estimate of drug-likeness (QED) is 0.412. The summed E-state index contributed by atoms with van der Waals surface area (Å²) >= 11 is 0. The Morgan fingerprint density at radius 3 is 1.50 bits per heavy atom. The first-order valence-corrected chi connectivity index (χ1v) is 0.651. The summed E-state index contributed by atoms with van der Waals surface area (Å²) in [6.45, 7) is 0. The Balaban J connectivity index is -0.00000000750. The van der Waals surface area contributed by atoms with Gasteiger partial charge in [0.2, 0.25) is 0 Å². The summed E-state index contributed by atoms with van der Waals surface area (Å²) in [7, 11) is 0. The van der Waals surface area contributed by atoms with Crippen LogP contribution in [-0.4, -0.2) is 16.4 Å². The molecule has 2 N–H and O–H groups in total. The van der Waals surface area contributed by atoms with Crippen LogP contribution in [0.15, 0.2) is 0 Å². The van der Waals surface area contributed by atoms with Gasteiger partial charge in [0.1, 0.15) is 0 Å². The van der Waals surface area contributed by atoms with E-state index in [9.17, 15) is 0 Å². The summed E-state index contributed by atoms with van der Waals surface area (Å²) in [5.41, 5.74) is 0. The fourth-order valence-corrected chi connectivity index (χ4v) is 0. The van der Waals surface area contributed by atoms with E-state index in [1.54, 1.807) is 0 Å². The first-order chi connectivity index (χ1) is 1.73. The molecule has 0 heterocycles. The molecule has 0 saturated carbocycles. The summed E-state index contributed by atoms with van der Waals surface area (Å²) < 4.78 is 0. The summed E-state index contributed by atoms with van der Waals surface area (Å²) in [5.74, 6) is 0. The Bertz CT molecular complexity index is 40.3. The smallest absolute Gasteiger partial charge is 1.00 e. The van der Waals surface area contributed by atoms with Gasteiger partial charge in [0.15, 0.2) is 0 Å². The molecule has 0 aromatic rings. The van der Waals surface area contributed by atoms with Crippen molar-refractivity contribution in [2.45, 2.75) is 0 Å². The topological polar surface area (TPSA) is 57.5 Å². The van der Waals surface area contributed by atoms with E-state index in [0.29, 0.717) is 0 Å². The van der Waals surface area contributed by atoms with Crippen molar-refractivity contribution in [1.29, 1.82) is 0 Å². The molecule has 0 bridgehead atoms. The first kappa shape index (κ1) is 16.0. The van der Waals surface area contributed by atoms with E-state index < -0.39 is 6.16 Å². The van der Waals surface area contributed by atoms with Crippen LogP contribution in [0.5, 0.6) is 0 Å². The number of carbonyl (C=O) groups is 1. The minimum Gasteiger partial charge on any atom is -1.00 e. The summed E-state index contributed by atoms with van der Waals surface area (Å²) in [5, 5.41) is 13.9. The molecule has 0 aliphatic carbocycles. The third-order valence-electron chi connectivity index (χ3n) is 0. The van der Waals surface area contributed by atoms with E-state index >= 15 is 0 Å². The number of hydrogen-bond donors (Lipinski definition) is 2. The zero-order valence-electron chi connectivity index (χ0n) is 5.80. The van der Waals surface area contributed by atoms with Gasteiger partial charge in [-0.25, -0.2) is 4.79 Å². The Morgan fingerprint density at radius 2 is 1.50 bits per heavy atom. The second-order valence-electron chi connectivity index (χ2n) is 0.283.